The third-order valence-corrected chi connectivity index (χ3v) is 14.5. The van der Waals surface area contributed by atoms with Crippen LogP contribution in [0.3, 0.4) is 0 Å². The molecule has 2 heterocycles. The number of aromatic nitrogens is 1. The van der Waals surface area contributed by atoms with Gasteiger partial charge in [-0.1, -0.05) is 103 Å². The fourth-order valence-corrected chi connectivity index (χ4v) is 10.7. The van der Waals surface area contributed by atoms with Gasteiger partial charge in [0.05, 0.1) is 32.7 Å². The molecule has 0 bridgehead atoms. The maximum Gasteiger partial charge on any atom is 0.251 e. The molecule has 2 fully saturated rings. The number of nitrogens with zero attached hydrogens (tertiary/aromatic N) is 3. The Bertz CT molecular complexity index is 2530. The molecule has 2 aliphatic rings. The van der Waals surface area contributed by atoms with Gasteiger partial charge < -0.3 is 30.3 Å². The summed E-state index contributed by atoms with van der Waals surface area (Å²) in [7, 11) is 0. The van der Waals surface area contributed by atoms with Crippen LogP contribution in [0.15, 0.2) is 72.2 Å². The van der Waals surface area contributed by atoms with Gasteiger partial charge in [0.15, 0.2) is 0 Å². The molecule has 1 aromatic heterocycles. The van der Waals surface area contributed by atoms with E-state index >= 15 is 0 Å². The standard InChI is InChI=1S/C54H65ClN6O6S/c1-34(37-22-24-38(25-23-37)45-35(2)57-33-68-45)58-48(64)43-17-15-28-61(43)49(65)46(52(3,4)5)59-44(62)32-66-29-14-12-10-11-13-16-36-18-20-39(21-19-36)47(63)60-50-53(6,7)51(54(50,8)9)67-41-27-26-40(31-56)42(55)30-41/h18-27,30,33-34,43,46,50-51H,10-12,14-15,17,28-29,32H2,1-9H3,(H,58,64)(H,59,62)(H,60,63)/t34-,43-,46+,50?,51?/m0/s1. The second kappa shape index (κ2) is 22.1. The molecule has 3 aromatic carbocycles. The number of nitrogens with one attached hydrogen (secondary N) is 3. The molecule has 4 aromatic rings. The number of unbranched alkanes of at least 4 members (excludes halogenated alkanes) is 3. The van der Waals surface area contributed by atoms with Crippen LogP contribution in [-0.2, 0) is 19.1 Å². The summed E-state index contributed by atoms with van der Waals surface area (Å²) in [6.45, 7) is 18.6. The van der Waals surface area contributed by atoms with Gasteiger partial charge in [0.25, 0.3) is 5.91 Å². The quantitative estimate of drug-likeness (QED) is 0.0696. The molecule has 1 saturated heterocycles. The van der Waals surface area contributed by atoms with Crippen LogP contribution in [-0.4, -0.2) is 77.5 Å². The van der Waals surface area contributed by atoms with Crippen molar-refractivity contribution in [3.8, 4) is 34.1 Å². The lowest BCUT2D eigenvalue weighted by molar-refractivity contribution is -0.164. The number of hydrogen-bond acceptors (Lipinski definition) is 9. The van der Waals surface area contributed by atoms with Gasteiger partial charge in [0, 0.05) is 53.6 Å². The van der Waals surface area contributed by atoms with Crippen LogP contribution in [0, 0.1) is 46.3 Å². The Hall–Kier alpha value is -5.73. The number of halogens is 1. The molecule has 1 saturated carbocycles. The van der Waals surface area contributed by atoms with Crippen LogP contribution in [0.5, 0.6) is 5.75 Å². The first-order chi connectivity index (χ1) is 32.2. The minimum atomic E-state index is -0.830. The minimum Gasteiger partial charge on any atom is -0.489 e. The smallest absolute Gasteiger partial charge is 0.251 e. The van der Waals surface area contributed by atoms with E-state index in [1.807, 2.05) is 76.5 Å². The Morgan fingerprint density at radius 1 is 0.971 bits per heavy atom. The number of benzene rings is 3. The number of ether oxygens (including phenoxy) is 2. The van der Waals surface area contributed by atoms with Gasteiger partial charge >= 0.3 is 0 Å². The summed E-state index contributed by atoms with van der Waals surface area (Å²) in [5.74, 6) is 5.97. The second-order valence-corrected chi connectivity index (χ2v) is 21.5. The van der Waals surface area contributed by atoms with Crippen molar-refractivity contribution in [3.63, 3.8) is 0 Å². The Kier molecular flexibility index (Phi) is 16.8. The Balaban J connectivity index is 0.882. The highest BCUT2D eigenvalue weighted by atomic mass is 35.5. The molecule has 4 amide bonds. The summed E-state index contributed by atoms with van der Waals surface area (Å²) in [6.07, 6.45) is 4.23. The highest BCUT2D eigenvalue weighted by Crippen LogP contribution is 2.55. The fraction of sp³-hybridized carbons (Fsp3) is 0.481. The Morgan fingerprint density at radius 2 is 1.68 bits per heavy atom. The molecule has 3 atom stereocenters. The van der Waals surface area contributed by atoms with Crippen molar-refractivity contribution in [2.24, 2.45) is 16.2 Å². The van der Waals surface area contributed by atoms with Gasteiger partial charge in [-0.15, -0.1) is 11.3 Å². The first kappa shape index (κ1) is 51.7. The van der Waals surface area contributed by atoms with Gasteiger partial charge in [0.1, 0.15) is 36.6 Å². The second-order valence-electron chi connectivity index (χ2n) is 20.2. The van der Waals surface area contributed by atoms with Crippen molar-refractivity contribution in [1.29, 1.82) is 5.26 Å². The SMILES string of the molecule is Cc1ncsc1-c1ccc([C@H](C)NC(=O)[C@@H]2CCCN2C(=O)[C@@H](NC(=O)COCCCCCC#Cc2ccc(C(=O)NC3C(C)(C)C(Oc4ccc(C#N)c(Cl)c4)C3(C)C)cc2)C(C)(C)C)cc1. The van der Waals surface area contributed by atoms with Crippen molar-refractivity contribution in [3.05, 3.63) is 105 Å². The number of hydrogen-bond donors (Lipinski definition) is 3. The molecule has 6 rings (SSSR count). The van der Waals surface area contributed by atoms with Gasteiger partial charge in [-0.2, -0.15) is 5.26 Å². The maximum atomic E-state index is 14.0. The van der Waals surface area contributed by atoms with Crippen molar-refractivity contribution < 1.29 is 28.7 Å². The van der Waals surface area contributed by atoms with E-state index in [9.17, 15) is 24.4 Å². The summed E-state index contributed by atoms with van der Waals surface area (Å²) < 4.78 is 12.1. The first-order valence-corrected chi connectivity index (χ1v) is 24.7. The van der Waals surface area contributed by atoms with Crippen molar-refractivity contribution in [2.75, 3.05) is 19.8 Å². The molecule has 0 unspecified atom stereocenters. The highest BCUT2D eigenvalue weighted by Gasteiger charge is 2.64. The van der Waals surface area contributed by atoms with E-state index in [0.29, 0.717) is 54.3 Å². The van der Waals surface area contributed by atoms with Crippen molar-refractivity contribution in [2.45, 2.75) is 131 Å². The average Bonchev–Trinajstić information content (AvgIpc) is 3.98. The summed E-state index contributed by atoms with van der Waals surface area (Å²) in [4.78, 5) is 61.1. The van der Waals surface area contributed by atoms with Crippen LogP contribution in [0.2, 0.25) is 5.02 Å². The molecule has 12 nitrogen and oxygen atoms in total. The molecule has 3 N–H and O–H groups in total. The number of amides is 4. The molecule has 360 valence electrons. The normalized spacial score (nSPS) is 19.0. The third kappa shape index (κ3) is 12.3. The monoisotopic (exact) mass is 960 g/mol. The van der Waals surface area contributed by atoms with E-state index in [1.165, 1.54) is 0 Å². The summed E-state index contributed by atoms with van der Waals surface area (Å²) in [5, 5.41) is 18.8. The molecular weight excluding hydrogens is 896 g/mol. The van der Waals surface area contributed by atoms with Crippen LogP contribution in [0.25, 0.3) is 10.4 Å². The zero-order valence-corrected chi connectivity index (χ0v) is 42.3. The number of thiazole rings is 1. The third-order valence-electron chi connectivity index (χ3n) is 13.2. The van der Waals surface area contributed by atoms with Gasteiger partial charge in [-0.25, -0.2) is 4.98 Å². The van der Waals surface area contributed by atoms with Crippen LogP contribution >= 0.6 is 22.9 Å². The molecule has 1 aliphatic heterocycles. The van der Waals surface area contributed by atoms with Crippen LogP contribution < -0.4 is 20.7 Å². The summed E-state index contributed by atoms with van der Waals surface area (Å²) in [5.41, 5.74) is 5.28. The highest BCUT2D eigenvalue weighted by molar-refractivity contribution is 7.13. The molecule has 68 heavy (non-hydrogen) atoms. The Labute approximate surface area is 410 Å². The van der Waals surface area contributed by atoms with Crippen molar-refractivity contribution >= 4 is 46.6 Å². The van der Waals surface area contributed by atoms with E-state index in [1.54, 1.807) is 46.6 Å². The van der Waals surface area contributed by atoms with E-state index in [-0.39, 0.29) is 59.3 Å². The van der Waals surface area contributed by atoms with E-state index in [0.717, 1.165) is 46.5 Å². The fourth-order valence-electron chi connectivity index (χ4n) is 9.65. The molecule has 1 aliphatic carbocycles. The number of carbonyl (C=O) groups is 4. The predicted molar refractivity (Wildman–Crippen MR) is 267 cm³/mol. The molecule has 0 spiro atoms. The van der Waals surface area contributed by atoms with E-state index < -0.39 is 17.5 Å². The predicted octanol–water partition coefficient (Wildman–Crippen LogP) is 9.58. The van der Waals surface area contributed by atoms with Gasteiger partial charge in [-0.05, 0) is 92.5 Å². The molecule has 14 heteroatoms. The number of nitriles is 1. The summed E-state index contributed by atoms with van der Waals surface area (Å²) >= 11 is 7.84. The number of likely N-dealkylation sites (tertiary alicyclic amines) is 1. The number of rotatable bonds is 17. The molecule has 0 radical (unpaired) electrons. The van der Waals surface area contributed by atoms with E-state index in [4.69, 9.17) is 21.1 Å². The lowest BCUT2D eigenvalue weighted by Crippen LogP contribution is -2.74. The largest absolute Gasteiger partial charge is 0.489 e. The first-order valence-electron chi connectivity index (χ1n) is 23.5. The van der Waals surface area contributed by atoms with Crippen LogP contribution in [0.1, 0.15) is 133 Å². The van der Waals surface area contributed by atoms with Crippen LogP contribution in [0.4, 0.5) is 0 Å². The van der Waals surface area contributed by atoms with Crippen molar-refractivity contribution in [1.82, 2.24) is 25.8 Å². The number of aryl methyl sites for hydroxylation is 1. The van der Waals surface area contributed by atoms with E-state index in [2.05, 4.69) is 66.5 Å². The lowest BCUT2D eigenvalue weighted by Gasteiger charge is -2.63. The Morgan fingerprint density at radius 3 is 2.31 bits per heavy atom. The summed E-state index contributed by atoms with van der Waals surface area (Å²) in [6, 6.07) is 20.6. The molecular formula is C54H65ClN6O6S. The topological polar surface area (TPSA) is 163 Å². The van der Waals surface area contributed by atoms with Gasteiger partial charge in [-0.3, -0.25) is 19.2 Å². The maximum absolute atomic E-state index is 14.0. The average molecular weight is 962 g/mol. The lowest BCUT2D eigenvalue weighted by atomic mass is 9.49. The zero-order chi connectivity index (χ0) is 49.4. The number of carbonyl (C=O) groups excluding carboxylic acids is 4. The van der Waals surface area contributed by atoms with Gasteiger partial charge in [0.2, 0.25) is 17.7 Å². The zero-order valence-electron chi connectivity index (χ0n) is 40.8. The minimum absolute atomic E-state index is 0.152.